The number of hydrogen-bond acceptors (Lipinski definition) is 4. The van der Waals surface area contributed by atoms with E-state index in [2.05, 4.69) is 10.6 Å². The van der Waals surface area contributed by atoms with Crippen molar-refractivity contribution in [1.29, 1.82) is 5.26 Å². The minimum absolute atomic E-state index is 0.124. The molecule has 0 aliphatic heterocycles. The van der Waals surface area contributed by atoms with E-state index in [1.54, 1.807) is 45.0 Å². The Kier molecular flexibility index (Phi) is 6.78. The molecule has 0 aliphatic rings. The third kappa shape index (κ3) is 6.69. The lowest BCUT2D eigenvalue weighted by Gasteiger charge is -2.26. The molecule has 0 aromatic heterocycles. The van der Waals surface area contributed by atoms with E-state index in [1.807, 2.05) is 19.9 Å². The van der Waals surface area contributed by atoms with E-state index in [1.165, 1.54) is 0 Å². The third-order valence-electron chi connectivity index (χ3n) is 3.27. The molecule has 0 fully saturated rings. The maximum Gasteiger partial charge on any atom is 0.407 e. The lowest BCUT2D eigenvalue weighted by atomic mass is 10.0. The maximum absolute atomic E-state index is 12.1. The van der Waals surface area contributed by atoms with E-state index in [-0.39, 0.29) is 24.4 Å². The predicted molar refractivity (Wildman–Crippen MR) is 91.5 cm³/mol. The third-order valence-corrected chi connectivity index (χ3v) is 3.27. The van der Waals surface area contributed by atoms with Gasteiger partial charge in [0.2, 0.25) is 0 Å². The molecule has 1 aromatic rings. The number of carbonyl (C=O) groups is 2. The second-order valence-corrected chi connectivity index (χ2v) is 6.90. The molecule has 130 valence electrons. The summed E-state index contributed by atoms with van der Waals surface area (Å²) < 4.78 is 5.24. The average molecular weight is 331 g/mol. The summed E-state index contributed by atoms with van der Waals surface area (Å²) in [5, 5.41) is 14.3. The number of hydrogen-bond donors (Lipinski definition) is 2. The lowest BCUT2D eigenvalue weighted by molar-refractivity contribution is 0.0487. The molecule has 1 aromatic carbocycles. The Morgan fingerprint density at radius 1 is 1.21 bits per heavy atom. The summed E-state index contributed by atoms with van der Waals surface area (Å²) in [5.41, 5.74) is 0.393. The average Bonchev–Trinajstić information content (AvgIpc) is 2.49. The van der Waals surface area contributed by atoms with Gasteiger partial charge < -0.3 is 15.4 Å². The topological polar surface area (TPSA) is 91.2 Å². The monoisotopic (exact) mass is 331 g/mol. The van der Waals surface area contributed by atoms with Crippen LogP contribution >= 0.6 is 0 Å². The maximum atomic E-state index is 12.1. The normalized spacial score (nSPS) is 12.2. The van der Waals surface area contributed by atoms with E-state index in [0.29, 0.717) is 11.1 Å². The Balaban J connectivity index is 2.61. The molecule has 1 rings (SSSR count). The number of nitrogens with zero attached hydrogens (tertiary/aromatic N) is 1. The highest BCUT2D eigenvalue weighted by atomic mass is 16.6. The van der Waals surface area contributed by atoms with Crippen LogP contribution in [0.5, 0.6) is 0 Å². The Labute approximate surface area is 143 Å². The molecular formula is C18H25N3O3. The Morgan fingerprint density at radius 3 is 2.25 bits per heavy atom. The van der Waals surface area contributed by atoms with Crippen molar-refractivity contribution in [3.05, 3.63) is 35.4 Å². The predicted octanol–water partition coefficient (Wildman–Crippen LogP) is 2.84. The molecule has 2 N–H and O–H groups in total. The Bertz CT molecular complexity index is 610. The number of carbonyl (C=O) groups excluding carboxylic acids is 2. The van der Waals surface area contributed by atoms with Gasteiger partial charge in [-0.3, -0.25) is 4.79 Å². The van der Waals surface area contributed by atoms with E-state index < -0.39 is 11.7 Å². The molecule has 0 aliphatic carbocycles. The standard InChI is InChI=1S/C18H25N3O3/c1-12(2)15(21-17(23)24-18(3,4)5)11-20-16(22)14-8-6-13(10-19)7-9-14/h6-9,12,15H,11H2,1-5H3,(H,20,22)(H,21,23). The molecule has 1 atom stereocenters. The first-order valence-corrected chi connectivity index (χ1v) is 7.90. The summed E-state index contributed by atoms with van der Waals surface area (Å²) >= 11 is 0. The molecule has 0 saturated carbocycles. The van der Waals surface area contributed by atoms with Crippen LogP contribution in [0.15, 0.2) is 24.3 Å². The number of alkyl carbamates (subject to hydrolysis) is 1. The van der Waals surface area contributed by atoms with Crippen molar-refractivity contribution in [2.75, 3.05) is 6.54 Å². The molecule has 2 amide bonds. The van der Waals surface area contributed by atoms with Gasteiger partial charge in [0.15, 0.2) is 0 Å². The van der Waals surface area contributed by atoms with Gasteiger partial charge in [-0.2, -0.15) is 5.26 Å². The Morgan fingerprint density at radius 2 is 1.79 bits per heavy atom. The van der Waals surface area contributed by atoms with Crippen LogP contribution in [0.1, 0.15) is 50.5 Å². The molecule has 0 spiro atoms. The van der Waals surface area contributed by atoms with Gasteiger partial charge in [0.1, 0.15) is 5.60 Å². The van der Waals surface area contributed by atoms with Gasteiger partial charge in [-0.05, 0) is 51.0 Å². The first kappa shape index (κ1) is 19.5. The highest BCUT2D eigenvalue weighted by Gasteiger charge is 2.22. The van der Waals surface area contributed by atoms with Crippen LogP contribution in [0.3, 0.4) is 0 Å². The summed E-state index contributed by atoms with van der Waals surface area (Å²) in [6.07, 6.45) is -0.506. The zero-order valence-electron chi connectivity index (χ0n) is 14.8. The second-order valence-electron chi connectivity index (χ2n) is 6.90. The molecule has 24 heavy (non-hydrogen) atoms. The SMILES string of the molecule is CC(C)C(CNC(=O)c1ccc(C#N)cc1)NC(=O)OC(C)(C)C. The van der Waals surface area contributed by atoms with Crippen LogP contribution < -0.4 is 10.6 Å². The highest BCUT2D eigenvalue weighted by molar-refractivity contribution is 5.94. The summed E-state index contributed by atoms with van der Waals surface area (Å²) in [6, 6.07) is 8.13. The number of rotatable bonds is 5. The van der Waals surface area contributed by atoms with Crippen LogP contribution in [0.25, 0.3) is 0 Å². The first-order valence-electron chi connectivity index (χ1n) is 7.90. The molecule has 6 nitrogen and oxygen atoms in total. The molecule has 1 unspecified atom stereocenters. The number of ether oxygens (including phenoxy) is 1. The first-order chi connectivity index (χ1) is 11.1. The summed E-state index contributed by atoms with van der Waals surface area (Å²) in [7, 11) is 0. The molecule has 0 radical (unpaired) electrons. The van der Waals surface area contributed by atoms with Crippen LogP contribution in [0.2, 0.25) is 0 Å². The number of nitriles is 1. The van der Waals surface area contributed by atoms with Gasteiger partial charge in [0.05, 0.1) is 17.7 Å². The molecular weight excluding hydrogens is 306 g/mol. The largest absolute Gasteiger partial charge is 0.444 e. The van der Waals surface area contributed by atoms with Crippen LogP contribution in [0.4, 0.5) is 4.79 Å². The van der Waals surface area contributed by atoms with E-state index >= 15 is 0 Å². The van der Waals surface area contributed by atoms with E-state index in [9.17, 15) is 9.59 Å². The minimum Gasteiger partial charge on any atom is -0.444 e. The molecule has 0 bridgehead atoms. The minimum atomic E-state index is -0.572. The number of benzene rings is 1. The van der Waals surface area contributed by atoms with Gasteiger partial charge in [0.25, 0.3) is 5.91 Å². The lowest BCUT2D eigenvalue weighted by Crippen LogP contribution is -2.48. The van der Waals surface area contributed by atoms with Crippen LogP contribution in [-0.2, 0) is 4.74 Å². The van der Waals surface area contributed by atoms with Crippen LogP contribution in [0, 0.1) is 17.2 Å². The van der Waals surface area contributed by atoms with Crippen molar-refractivity contribution in [3.63, 3.8) is 0 Å². The highest BCUT2D eigenvalue weighted by Crippen LogP contribution is 2.09. The fourth-order valence-electron chi connectivity index (χ4n) is 1.91. The van der Waals surface area contributed by atoms with Gasteiger partial charge >= 0.3 is 6.09 Å². The second kappa shape index (κ2) is 8.34. The van der Waals surface area contributed by atoms with Crippen LogP contribution in [-0.4, -0.2) is 30.2 Å². The van der Waals surface area contributed by atoms with Gasteiger partial charge in [-0.1, -0.05) is 13.8 Å². The van der Waals surface area contributed by atoms with E-state index in [4.69, 9.17) is 10.00 Å². The molecule has 0 saturated heterocycles. The summed E-state index contributed by atoms with van der Waals surface area (Å²) in [5.74, 6) is -0.130. The van der Waals surface area contributed by atoms with Crippen molar-refractivity contribution in [1.82, 2.24) is 10.6 Å². The quantitative estimate of drug-likeness (QED) is 0.868. The van der Waals surface area contributed by atoms with Crippen molar-refractivity contribution in [3.8, 4) is 6.07 Å². The Hall–Kier alpha value is -2.55. The van der Waals surface area contributed by atoms with Crippen molar-refractivity contribution in [2.45, 2.75) is 46.3 Å². The van der Waals surface area contributed by atoms with Crippen molar-refractivity contribution in [2.24, 2.45) is 5.92 Å². The van der Waals surface area contributed by atoms with E-state index in [0.717, 1.165) is 0 Å². The zero-order valence-corrected chi connectivity index (χ0v) is 14.8. The number of nitrogens with one attached hydrogen (secondary N) is 2. The fraction of sp³-hybridized carbons (Fsp3) is 0.500. The summed E-state index contributed by atoms with van der Waals surface area (Å²) in [4.78, 5) is 24.0. The summed E-state index contributed by atoms with van der Waals surface area (Å²) in [6.45, 7) is 9.58. The van der Waals surface area contributed by atoms with Crippen molar-refractivity contribution < 1.29 is 14.3 Å². The van der Waals surface area contributed by atoms with Gasteiger partial charge in [-0.15, -0.1) is 0 Å². The number of amides is 2. The molecule has 0 heterocycles. The van der Waals surface area contributed by atoms with Crippen molar-refractivity contribution >= 4 is 12.0 Å². The van der Waals surface area contributed by atoms with Gasteiger partial charge in [-0.25, -0.2) is 4.79 Å². The zero-order chi connectivity index (χ0) is 18.3. The molecule has 6 heteroatoms. The fourth-order valence-corrected chi connectivity index (χ4v) is 1.91. The smallest absolute Gasteiger partial charge is 0.407 e. The van der Waals surface area contributed by atoms with Gasteiger partial charge in [0, 0.05) is 12.1 Å².